The average Bonchev–Trinajstić information content (AvgIpc) is 2.53. The zero-order valence-corrected chi connectivity index (χ0v) is 14.7. The number of hydrogen-bond acceptors (Lipinski definition) is 1. The minimum atomic E-state index is 0.0797. The number of alkyl halides is 1. The minimum absolute atomic E-state index is 0.0797. The summed E-state index contributed by atoms with van der Waals surface area (Å²) in [5, 5.41) is 2.50. The van der Waals surface area contributed by atoms with Crippen LogP contribution in [0.5, 0.6) is 5.75 Å². The fourth-order valence-corrected chi connectivity index (χ4v) is 3.68. The van der Waals surface area contributed by atoms with Crippen LogP contribution < -0.4 is 4.74 Å². The summed E-state index contributed by atoms with van der Waals surface area (Å²) in [6, 6.07) is 20.9. The number of benzene rings is 3. The molecular formula is C18H14Br2O. The van der Waals surface area contributed by atoms with Crippen molar-refractivity contribution in [3.05, 3.63) is 76.3 Å². The van der Waals surface area contributed by atoms with Crippen LogP contribution in [0.4, 0.5) is 0 Å². The Labute approximate surface area is 141 Å². The second-order valence-electron chi connectivity index (χ2n) is 4.82. The predicted octanol–water partition coefficient (Wildman–Crippen LogP) is 6.10. The Kier molecular flexibility index (Phi) is 4.32. The third-order valence-electron chi connectivity index (χ3n) is 3.56. The van der Waals surface area contributed by atoms with Gasteiger partial charge >= 0.3 is 0 Å². The fraction of sp³-hybridized carbons (Fsp3) is 0.111. The molecular weight excluding hydrogens is 392 g/mol. The van der Waals surface area contributed by atoms with Crippen molar-refractivity contribution in [3.8, 4) is 5.75 Å². The molecule has 3 rings (SSSR count). The number of methoxy groups -OCH3 is 1. The van der Waals surface area contributed by atoms with E-state index in [0.29, 0.717) is 0 Å². The van der Waals surface area contributed by atoms with Gasteiger partial charge in [-0.15, -0.1) is 0 Å². The van der Waals surface area contributed by atoms with E-state index in [1.54, 1.807) is 7.11 Å². The van der Waals surface area contributed by atoms with Crippen LogP contribution in [-0.2, 0) is 0 Å². The van der Waals surface area contributed by atoms with Gasteiger partial charge in [-0.05, 0) is 34.5 Å². The quantitative estimate of drug-likeness (QED) is 0.478. The topological polar surface area (TPSA) is 9.23 Å². The molecule has 0 N–H and O–H groups in total. The van der Waals surface area contributed by atoms with Crippen molar-refractivity contribution < 1.29 is 4.74 Å². The second-order valence-corrected chi connectivity index (χ2v) is 6.65. The van der Waals surface area contributed by atoms with Gasteiger partial charge in [0.2, 0.25) is 0 Å². The summed E-state index contributed by atoms with van der Waals surface area (Å²) >= 11 is 7.38. The lowest BCUT2D eigenvalue weighted by molar-refractivity contribution is 0.410. The summed E-state index contributed by atoms with van der Waals surface area (Å²) in [7, 11) is 1.70. The Hall–Kier alpha value is -1.32. The highest BCUT2D eigenvalue weighted by atomic mass is 79.9. The predicted molar refractivity (Wildman–Crippen MR) is 95.4 cm³/mol. The number of hydrogen-bond donors (Lipinski definition) is 0. The Balaban J connectivity index is 2.17. The van der Waals surface area contributed by atoms with Gasteiger partial charge in [-0.25, -0.2) is 0 Å². The molecule has 0 spiro atoms. The largest absolute Gasteiger partial charge is 0.496 e. The van der Waals surface area contributed by atoms with Crippen LogP contribution in [0.2, 0.25) is 0 Å². The van der Waals surface area contributed by atoms with Crippen LogP contribution in [0, 0.1) is 0 Å². The monoisotopic (exact) mass is 404 g/mol. The number of halogens is 2. The van der Waals surface area contributed by atoms with Crippen LogP contribution in [0.3, 0.4) is 0 Å². The van der Waals surface area contributed by atoms with Crippen molar-refractivity contribution in [2.24, 2.45) is 0 Å². The third-order valence-corrected chi connectivity index (χ3v) is 5.04. The van der Waals surface area contributed by atoms with Crippen molar-refractivity contribution in [3.63, 3.8) is 0 Å². The van der Waals surface area contributed by atoms with E-state index >= 15 is 0 Å². The molecule has 0 radical (unpaired) electrons. The Morgan fingerprint density at radius 2 is 1.67 bits per heavy atom. The van der Waals surface area contributed by atoms with E-state index in [-0.39, 0.29) is 4.83 Å². The van der Waals surface area contributed by atoms with Crippen molar-refractivity contribution in [1.82, 2.24) is 0 Å². The van der Waals surface area contributed by atoms with Crippen LogP contribution in [0.15, 0.2) is 65.1 Å². The van der Waals surface area contributed by atoms with Crippen molar-refractivity contribution in [2.45, 2.75) is 4.83 Å². The van der Waals surface area contributed by atoms with Gasteiger partial charge in [0.15, 0.2) is 0 Å². The molecule has 0 aliphatic heterocycles. The molecule has 1 unspecified atom stereocenters. The molecule has 0 aromatic heterocycles. The molecule has 0 amide bonds. The first-order valence-corrected chi connectivity index (χ1v) is 8.36. The molecule has 1 atom stereocenters. The first-order chi connectivity index (χ1) is 10.2. The standard InChI is InChI=1S/C18H14Br2O/c1-21-17-10-9-13(19)11-16(17)18(20)15-8-4-6-12-5-2-3-7-14(12)15/h2-11,18H,1H3. The second kappa shape index (κ2) is 6.20. The van der Waals surface area contributed by atoms with Gasteiger partial charge < -0.3 is 4.74 Å². The molecule has 3 heteroatoms. The maximum absolute atomic E-state index is 5.50. The van der Waals surface area contributed by atoms with Crippen LogP contribution in [-0.4, -0.2) is 7.11 Å². The van der Waals surface area contributed by atoms with E-state index < -0.39 is 0 Å². The third kappa shape index (κ3) is 2.85. The summed E-state index contributed by atoms with van der Waals surface area (Å²) < 4.78 is 6.55. The molecule has 0 fully saturated rings. The summed E-state index contributed by atoms with van der Waals surface area (Å²) in [5.74, 6) is 0.882. The maximum atomic E-state index is 5.50. The number of ether oxygens (including phenoxy) is 1. The molecule has 21 heavy (non-hydrogen) atoms. The van der Waals surface area contributed by atoms with Gasteiger partial charge in [0.05, 0.1) is 11.9 Å². The van der Waals surface area contributed by atoms with Gasteiger partial charge in [0.25, 0.3) is 0 Å². The number of fused-ring (bicyclic) bond motifs is 1. The van der Waals surface area contributed by atoms with Crippen LogP contribution in [0.1, 0.15) is 16.0 Å². The van der Waals surface area contributed by atoms with E-state index in [2.05, 4.69) is 80.4 Å². The highest BCUT2D eigenvalue weighted by molar-refractivity contribution is 9.10. The summed E-state index contributed by atoms with van der Waals surface area (Å²) in [5.41, 5.74) is 2.35. The highest BCUT2D eigenvalue weighted by Crippen LogP contribution is 2.40. The lowest BCUT2D eigenvalue weighted by atomic mass is 9.98. The van der Waals surface area contributed by atoms with Crippen LogP contribution >= 0.6 is 31.9 Å². The summed E-state index contributed by atoms with van der Waals surface area (Å²) in [6.45, 7) is 0. The molecule has 0 aliphatic carbocycles. The fourth-order valence-electron chi connectivity index (χ4n) is 2.54. The summed E-state index contributed by atoms with van der Waals surface area (Å²) in [6.07, 6.45) is 0. The average molecular weight is 406 g/mol. The zero-order chi connectivity index (χ0) is 14.8. The molecule has 0 saturated carbocycles. The first kappa shape index (κ1) is 14.6. The van der Waals surface area contributed by atoms with Gasteiger partial charge in [0.1, 0.15) is 5.75 Å². The smallest absolute Gasteiger partial charge is 0.123 e. The van der Waals surface area contributed by atoms with Crippen LogP contribution in [0.25, 0.3) is 10.8 Å². The lowest BCUT2D eigenvalue weighted by Gasteiger charge is -2.17. The molecule has 0 heterocycles. The van der Waals surface area contributed by atoms with E-state index in [4.69, 9.17) is 4.74 Å². The first-order valence-electron chi connectivity index (χ1n) is 6.66. The van der Waals surface area contributed by atoms with E-state index in [1.165, 1.54) is 16.3 Å². The van der Waals surface area contributed by atoms with Crippen molar-refractivity contribution in [2.75, 3.05) is 7.11 Å². The van der Waals surface area contributed by atoms with Gasteiger partial charge in [-0.1, -0.05) is 74.3 Å². The Bertz CT molecular complexity index is 778. The van der Waals surface area contributed by atoms with Crippen molar-refractivity contribution >= 4 is 42.6 Å². The Morgan fingerprint density at radius 3 is 2.48 bits per heavy atom. The zero-order valence-electron chi connectivity index (χ0n) is 11.5. The molecule has 106 valence electrons. The SMILES string of the molecule is COc1ccc(Br)cc1C(Br)c1cccc2ccccc12. The molecule has 3 aromatic carbocycles. The minimum Gasteiger partial charge on any atom is -0.496 e. The van der Waals surface area contributed by atoms with Gasteiger partial charge in [-0.3, -0.25) is 0 Å². The van der Waals surface area contributed by atoms with E-state index in [9.17, 15) is 0 Å². The maximum Gasteiger partial charge on any atom is 0.123 e. The number of rotatable bonds is 3. The van der Waals surface area contributed by atoms with E-state index in [1.807, 2.05) is 12.1 Å². The Morgan fingerprint density at radius 1 is 0.905 bits per heavy atom. The lowest BCUT2D eigenvalue weighted by Crippen LogP contribution is -1.98. The normalized spacial score (nSPS) is 12.3. The molecule has 0 aliphatic rings. The van der Waals surface area contributed by atoms with Gasteiger partial charge in [-0.2, -0.15) is 0 Å². The molecule has 3 aromatic rings. The van der Waals surface area contributed by atoms with Gasteiger partial charge in [0, 0.05) is 10.0 Å². The van der Waals surface area contributed by atoms with Crippen molar-refractivity contribution in [1.29, 1.82) is 0 Å². The molecule has 0 bridgehead atoms. The van der Waals surface area contributed by atoms with E-state index in [0.717, 1.165) is 15.8 Å². The summed E-state index contributed by atoms with van der Waals surface area (Å²) in [4.78, 5) is 0.0797. The molecule has 1 nitrogen and oxygen atoms in total. The molecule has 0 saturated heterocycles. The highest BCUT2D eigenvalue weighted by Gasteiger charge is 2.17.